The smallest absolute Gasteiger partial charge is 0.268 e. The summed E-state index contributed by atoms with van der Waals surface area (Å²) in [6.07, 6.45) is 2.33. The van der Waals surface area contributed by atoms with Crippen LogP contribution >= 0.6 is 0 Å². The Kier molecular flexibility index (Phi) is 4.28. The topological polar surface area (TPSA) is 138 Å². The molecular weight excluding hydrogens is 310 g/mol. The number of carbonyl (C=O) groups excluding carboxylic acids is 1. The van der Waals surface area contributed by atoms with Gasteiger partial charge in [-0.1, -0.05) is 5.21 Å². The monoisotopic (exact) mass is 327 g/mol. The van der Waals surface area contributed by atoms with E-state index < -0.39 is 10.0 Å². The first-order chi connectivity index (χ1) is 10.2. The zero-order valence-electron chi connectivity index (χ0n) is 12.4. The molecule has 3 N–H and O–H groups in total. The van der Waals surface area contributed by atoms with Crippen molar-refractivity contribution in [3.05, 3.63) is 23.1 Å². The van der Waals surface area contributed by atoms with Gasteiger partial charge in [0, 0.05) is 17.8 Å². The van der Waals surface area contributed by atoms with Crippen LogP contribution in [0.25, 0.3) is 0 Å². The van der Waals surface area contributed by atoms with E-state index in [1.54, 1.807) is 13.8 Å². The SMILES string of the molecule is Cc1nn(C(=O)Cn2cc(NS(C)(=O)=O)nn2)c(C)c1CN. The van der Waals surface area contributed by atoms with Crippen LogP contribution < -0.4 is 10.5 Å². The third kappa shape index (κ3) is 3.49. The highest BCUT2D eigenvalue weighted by molar-refractivity contribution is 7.92. The summed E-state index contributed by atoms with van der Waals surface area (Å²) >= 11 is 0. The summed E-state index contributed by atoms with van der Waals surface area (Å²) in [5.74, 6) is -0.276. The van der Waals surface area contributed by atoms with Crippen molar-refractivity contribution in [3.63, 3.8) is 0 Å². The average molecular weight is 327 g/mol. The Hall–Kier alpha value is -2.27. The standard InChI is InChI=1S/C11H17N7O3S/c1-7-9(4-12)8(2)18(14-7)11(19)6-17-5-10(13-16-17)15-22(3,20)21/h5,15H,4,6,12H2,1-3H3. The van der Waals surface area contributed by atoms with Gasteiger partial charge in [0.15, 0.2) is 5.82 Å². The van der Waals surface area contributed by atoms with E-state index in [4.69, 9.17) is 5.73 Å². The van der Waals surface area contributed by atoms with Crippen LogP contribution in [-0.2, 0) is 23.1 Å². The molecule has 0 fully saturated rings. The summed E-state index contributed by atoms with van der Waals surface area (Å²) < 4.78 is 26.9. The van der Waals surface area contributed by atoms with Crippen LogP contribution in [0.4, 0.5) is 5.82 Å². The van der Waals surface area contributed by atoms with Crippen molar-refractivity contribution in [2.24, 2.45) is 5.73 Å². The Morgan fingerprint density at radius 1 is 1.41 bits per heavy atom. The molecule has 2 rings (SSSR count). The van der Waals surface area contributed by atoms with E-state index in [1.165, 1.54) is 15.6 Å². The normalized spacial score (nSPS) is 11.6. The van der Waals surface area contributed by atoms with Crippen LogP contribution in [0, 0.1) is 13.8 Å². The predicted molar refractivity (Wildman–Crippen MR) is 78.7 cm³/mol. The van der Waals surface area contributed by atoms with Crippen molar-refractivity contribution in [2.45, 2.75) is 26.9 Å². The number of nitrogens with zero attached hydrogens (tertiary/aromatic N) is 5. The molecule has 0 aliphatic rings. The van der Waals surface area contributed by atoms with Crippen LogP contribution in [-0.4, -0.2) is 45.4 Å². The van der Waals surface area contributed by atoms with Crippen molar-refractivity contribution in [2.75, 3.05) is 11.0 Å². The van der Waals surface area contributed by atoms with Crippen molar-refractivity contribution >= 4 is 21.7 Å². The van der Waals surface area contributed by atoms with Crippen molar-refractivity contribution in [1.29, 1.82) is 0 Å². The first-order valence-corrected chi connectivity index (χ1v) is 8.26. The first-order valence-electron chi connectivity index (χ1n) is 6.37. The summed E-state index contributed by atoms with van der Waals surface area (Å²) in [5, 5.41) is 11.5. The number of nitrogens with one attached hydrogen (secondary N) is 1. The van der Waals surface area contributed by atoms with Gasteiger partial charge in [-0.3, -0.25) is 9.52 Å². The molecule has 0 aliphatic heterocycles. The van der Waals surface area contributed by atoms with Gasteiger partial charge in [-0.25, -0.2) is 17.8 Å². The summed E-state index contributed by atoms with van der Waals surface area (Å²) in [6, 6.07) is 0. The highest BCUT2D eigenvalue weighted by Gasteiger charge is 2.17. The van der Waals surface area contributed by atoms with Crippen molar-refractivity contribution in [3.8, 4) is 0 Å². The average Bonchev–Trinajstić information content (AvgIpc) is 2.92. The second-order valence-corrected chi connectivity index (χ2v) is 6.58. The van der Waals surface area contributed by atoms with Gasteiger partial charge in [-0.05, 0) is 13.8 Å². The van der Waals surface area contributed by atoms with Crippen LogP contribution in [0.2, 0.25) is 0 Å². The van der Waals surface area contributed by atoms with Crippen molar-refractivity contribution < 1.29 is 13.2 Å². The molecule has 0 aliphatic carbocycles. The Morgan fingerprint density at radius 2 is 2.09 bits per heavy atom. The predicted octanol–water partition coefficient (Wildman–Crippen LogP) is -0.738. The summed E-state index contributed by atoms with van der Waals surface area (Å²) in [5.41, 5.74) is 7.83. The van der Waals surface area contributed by atoms with Gasteiger partial charge in [0.2, 0.25) is 10.0 Å². The minimum atomic E-state index is -3.44. The first kappa shape index (κ1) is 16.1. The molecule has 0 radical (unpaired) electrons. The van der Waals surface area contributed by atoms with E-state index in [-0.39, 0.29) is 18.3 Å². The number of nitrogens with two attached hydrogens (primary N) is 1. The highest BCUT2D eigenvalue weighted by Crippen LogP contribution is 2.12. The molecule has 0 unspecified atom stereocenters. The van der Waals surface area contributed by atoms with E-state index in [1.807, 2.05) is 0 Å². The molecule has 0 amide bonds. The molecule has 11 heteroatoms. The van der Waals surface area contributed by atoms with Crippen molar-refractivity contribution in [1.82, 2.24) is 24.8 Å². The Labute approximate surface area is 127 Å². The zero-order valence-corrected chi connectivity index (χ0v) is 13.3. The number of rotatable bonds is 5. The molecule has 22 heavy (non-hydrogen) atoms. The van der Waals surface area contributed by atoms with Crippen LogP contribution in [0.3, 0.4) is 0 Å². The van der Waals surface area contributed by atoms with Gasteiger partial charge in [-0.2, -0.15) is 5.10 Å². The van der Waals surface area contributed by atoms with Crippen LogP contribution in [0.5, 0.6) is 0 Å². The zero-order chi connectivity index (χ0) is 16.5. The molecule has 0 atom stereocenters. The lowest BCUT2D eigenvalue weighted by molar-refractivity contribution is 0.0866. The molecule has 120 valence electrons. The van der Waals surface area contributed by atoms with E-state index >= 15 is 0 Å². The molecular formula is C11H17N7O3S. The number of aromatic nitrogens is 5. The lowest BCUT2D eigenvalue weighted by Crippen LogP contribution is -2.21. The number of hydrogen-bond donors (Lipinski definition) is 2. The lowest BCUT2D eigenvalue weighted by Gasteiger charge is -2.03. The maximum Gasteiger partial charge on any atom is 0.268 e. The molecule has 0 saturated heterocycles. The fourth-order valence-electron chi connectivity index (χ4n) is 2.03. The van der Waals surface area contributed by atoms with Crippen LogP contribution in [0.15, 0.2) is 6.20 Å². The molecule has 10 nitrogen and oxygen atoms in total. The molecule has 2 aromatic heterocycles. The second-order valence-electron chi connectivity index (χ2n) is 4.83. The van der Waals surface area contributed by atoms with Gasteiger partial charge in [0.25, 0.3) is 5.91 Å². The molecule has 0 saturated carbocycles. The van der Waals surface area contributed by atoms with Crippen LogP contribution in [0.1, 0.15) is 21.7 Å². The summed E-state index contributed by atoms with van der Waals surface area (Å²) in [6.45, 7) is 3.72. The number of carbonyl (C=O) groups is 1. The van der Waals surface area contributed by atoms with Gasteiger partial charge in [0.1, 0.15) is 6.54 Å². The molecule has 2 heterocycles. The highest BCUT2D eigenvalue weighted by atomic mass is 32.2. The Balaban J connectivity index is 2.16. The number of aryl methyl sites for hydroxylation is 1. The largest absolute Gasteiger partial charge is 0.326 e. The third-order valence-electron chi connectivity index (χ3n) is 3.01. The molecule has 0 bridgehead atoms. The summed E-state index contributed by atoms with van der Waals surface area (Å²) in [4.78, 5) is 12.2. The number of anilines is 1. The van der Waals surface area contributed by atoms with Gasteiger partial charge in [-0.15, -0.1) is 5.10 Å². The van der Waals surface area contributed by atoms with Gasteiger partial charge in [0.05, 0.1) is 18.1 Å². The van der Waals surface area contributed by atoms with Gasteiger partial charge < -0.3 is 5.73 Å². The minimum Gasteiger partial charge on any atom is -0.326 e. The number of sulfonamides is 1. The second kappa shape index (κ2) is 5.85. The lowest BCUT2D eigenvalue weighted by atomic mass is 10.2. The Morgan fingerprint density at radius 3 is 2.64 bits per heavy atom. The summed E-state index contributed by atoms with van der Waals surface area (Å²) in [7, 11) is -3.44. The molecule has 0 aromatic carbocycles. The Bertz CT molecular complexity index is 806. The van der Waals surface area contributed by atoms with E-state index in [2.05, 4.69) is 20.1 Å². The van der Waals surface area contributed by atoms with Gasteiger partial charge >= 0.3 is 0 Å². The maximum atomic E-state index is 12.2. The number of hydrogen-bond acceptors (Lipinski definition) is 7. The maximum absolute atomic E-state index is 12.2. The van der Waals surface area contributed by atoms with E-state index in [0.717, 1.165) is 11.8 Å². The molecule has 0 spiro atoms. The fourth-order valence-corrected chi connectivity index (χ4v) is 2.50. The molecule has 2 aromatic rings. The third-order valence-corrected chi connectivity index (χ3v) is 3.59. The van der Waals surface area contributed by atoms with E-state index in [0.29, 0.717) is 17.9 Å². The van der Waals surface area contributed by atoms with E-state index in [9.17, 15) is 13.2 Å². The minimum absolute atomic E-state index is 0.0475. The fraction of sp³-hybridized carbons (Fsp3) is 0.455. The quantitative estimate of drug-likeness (QED) is 0.737.